The number of nitrogens with two attached hydrogens (primary N) is 1. The Bertz CT molecular complexity index is 253. The van der Waals surface area contributed by atoms with Crippen LogP contribution in [0.3, 0.4) is 0 Å². The molecular formula is C13H27N3S. The predicted octanol–water partition coefficient (Wildman–Crippen LogP) is 1.86. The van der Waals surface area contributed by atoms with E-state index in [0.29, 0.717) is 4.99 Å². The molecule has 0 aromatic carbocycles. The molecule has 0 aromatic rings. The Kier molecular flexibility index (Phi) is 5.35. The zero-order valence-corrected chi connectivity index (χ0v) is 12.5. The molecule has 1 fully saturated rings. The van der Waals surface area contributed by atoms with Gasteiger partial charge in [0.2, 0.25) is 0 Å². The molecule has 100 valence electrons. The summed E-state index contributed by atoms with van der Waals surface area (Å²) < 4.78 is 0. The lowest BCUT2D eigenvalue weighted by molar-refractivity contribution is 0.0585. The van der Waals surface area contributed by atoms with E-state index < -0.39 is 0 Å². The molecule has 1 saturated heterocycles. The van der Waals surface area contributed by atoms with Gasteiger partial charge in [-0.1, -0.05) is 26.1 Å². The zero-order chi connectivity index (χ0) is 13.1. The van der Waals surface area contributed by atoms with E-state index >= 15 is 0 Å². The van der Waals surface area contributed by atoms with Crippen molar-refractivity contribution < 1.29 is 0 Å². The van der Waals surface area contributed by atoms with Crippen molar-refractivity contribution in [3.05, 3.63) is 0 Å². The van der Waals surface area contributed by atoms with Gasteiger partial charge in [-0.2, -0.15) is 0 Å². The third-order valence-corrected chi connectivity index (χ3v) is 4.67. The molecule has 17 heavy (non-hydrogen) atoms. The Balaban J connectivity index is 2.53. The SMILES string of the molecule is CCC(CC)N1CCN(C(C)(C)C(N)=S)CC1. The molecule has 0 bridgehead atoms. The van der Waals surface area contributed by atoms with Gasteiger partial charge in [0.15, 0.2) is 0 Å². The van der Waals surface area contributed by atoms with Crippen LogP contribution in [0.5, 0.6) is 0 Å². The van der Waals surface area contributed by atoms with Crippen LogP contribution in [-0.2, 0) is 0 Å². The van der Waals surface area contributed by atoms with Crippen molar-refractivity contribution in [3.63, 3.8) is 0 Å². The number of piperazine rings is 1. The van der Waals surface area contributed by atoms with E-state index in [-0.39, 0.29) is 5.54 Å². The second-order valence-corrected chi connectivity index (χ2v) is 5.86. The first-order valence-electron chi connectivity index (χ1n) is 6.72. The van der Waals surface area contributed by atoms with Crippen molar-refractivity contribution in [2.75, 3.05) is 26.2 Å². The summed E-state index contributed by atoms with van der Waals surface area (Å²) in [6, 6.07) is 0.741. The van der Waals surface area contributed by atoms with Crippen LogP contribution in [-0.4, -0.2) is 52.5 Å². The molecule has 1 aliphatic rings. The van der Waals surface area contributed by atoms with Gasteiger partial charge >= 0.3 is 0 Å². The first-order chi connectivity index (χ1) is 7.93. The van der Waals surface area contributed by atoms with Crippen molar-refractivity contribution in [2.45, 2.75) is 52.1 Å². The molecular weight excluding hydrogens is 230 g/mol. The Morgan fingerprint density at radius 1 is 1.18 bits per heavy atom. The molecule has 0 radical (unpaired) electrons. The summed E-state index contributed by atoms with van der Waals surface area (Å²) in [5.41, 5.74) is 5.68. The van der Waals surface area contributed by atoms with Crippen molar-refractivity contribution in [3.8, 4) is 0 Å². The number of thiocarbonyl (C=S) groups is 1. The van der Waals surface area contributed by atoms with Crippen LogP contribution in [0.1, 0.15) is 40.5 Å². The Hall–Kier alpha value is -0.190. The molecule has 1 rings (SSSR count). The van der Waals surface area contributed by atoms with Gasteiger partial charge < -0.3 is 5.73 Å². The number of hydrogen-bond donors (Lipinski definition) is 1. The fraction of sp³-hybridized carbons (Fsp3) is 0.923. The lowest BCUT2D eigenvalue weighted by atomic mass is 10.0. The second-order valence-electron chi connectivity index (χ2n) is 5.42. The van der Waals surface area contributed by atoms with E-state index in [0.717, 1.165) is 32.2 Å². The molecule has 0 aromatic heterocycles. The van der Waals surface area contributed by atoms with Crippen LogP contribution in [0, 0.1) is 0 Å². The van der Waals surface area contributed by atoms with E-state index in [1.54, 1.807) is 0 Å². The minimum Gasteiger partial charge on any atom is -0.392 e. The molecule has 0 amide bonds. The van der Waals surface area contributed by atoms with Crippen LogP contribution >= 0.6 is 12.2 Å². The molecule has 1 heterocycles. The van der Waals surface area contributed by atoms with Crippen molar-refractivity contribution in [2.24, 2.45) is 5.73 Å². The summed E-state index contributed by atoms with van der Waals surface area (Å²) in [6.45, 7) is 13.2. The van der Waals surface area contributed by atoms with Gasteiger partial charge in [-0.05, 0) is 26.7 Å². The van der Waals surface area contributed by atoms with Crippen molar-refractivity contribution in [1.29, 1.82) is 0 Å². The van der Waals surface area contributed by atoms with Gasteiger partial charge in [-0.15, -0.1) is 0 Å². The molecule has 2 N–H and O–H groups in total. The fourth-order valence-electron chi connectivity index (χ4n) is 2.61. The maximum Gasteiger partial charge on any atom is 0.0928 e. The Morgan fingerprint density at radius 3 is 2.00 bits per heavy atom. The lowest BCUT2D eigenvalue weighted by Crippen LogP contribution is -2.60. The topological polar surface area (TPSA) is 32.5 Å². The third-order valence-electron chi connectivity index (χ3n) is 4.17. The Morgan fingerprint density at radius 2 is 1.65 bits per heavy atom. The molecule has 0 unspecified atom stereocenters. The quantitative estimate of drug-likeness (QED) is 0.762. The highest BCUT2D eigenvalue weighted by atomic mass is 32.1. The van der Waals surface area contributed by atoms with Crippen molar-refractivity contribution >= 4 is 17.2 Å². The summed E-state index contributed by atoms with van der Waals surface area (Å²) in [6.07, 6.45) is 2.49. The van der Waals surface area contributed by atoms with E-state index in [9.17, 15) is 0 Å². The molecule has 0 atom stereocenters. The smallest absolute Gasteiger partial charge is 0.0928 e. The molecule has 4 heteroatoms. The molecule has 0 saturated carbocycles. The average molecular weight is 257 g/mol. The lowest BCUT2D eigenvalue weighted by Gasteiger charge is -2.45. The third kappa shape index (κ3) is 3.39. The largest absolute Gasteiger partial charge is 0.392 e. The summed E-state index contributed by atoms with van der Waals surface area (Å²) in [5, 5.41) is 0. The maximum atomic E-state index is 5.82. The average Bonchev–Trinajstić information content (AvgIpc) is 2.31. The predicted molar refractivity (Wildman–Crippen MR) is 78.4 cm³/mol. The van der Waals surface area contributed by atoms with Gasteiger partial charge in [-0.3, -0.25) is 9.80 Å². The van der Waals surface area contributed by atoms with Crippen LogP contribution in [0.25, 0.3) is 0 Å². The van der Waals surface area contributed by atoms with Crippen LogP contribution in [0.2, 0.25) is 0 Å². The normalized spacial score (nSPS) is 19.8. The number of nitrogens with zero attached hydrogens (tertiary/aromatic N) is 2. The van der Waals surface area contributed by atoms with E-state index in [1.165, 1.54) is 12.8 Å². The van der Waals surface area contributed by atoms with Crippen LogP contribution in [0.4, 0.5) is 0 Å². The summed E-state index contributed by atoms with van der Waals surface area (Å²) in [5.74, 6) is 0. The first kappa shape index (κ1) is 14.9. The van der Waals surface area contributed by atoms with Gasteiger partial charge in [0.1, 0.15) is 0 Å². The minimum atomic E-state index is -0.144. The fourth-order valence-corrected chi connectivity index (χ4v) is 2.74. The van der Waals surface area contributed by atoms with E-state index in [4.69, 9.17) is 18.0 Å². The highest BCUT2D eigenvalue weighted by molar-refractivity contribution is 7.80. The summed E-state index contributed by atoms with van der Waals surface area (Å²) in [4.78, 5) is 5.62. The monoisotopic (exact) mass is 257 g/mol. The van der Waals surface area contributed by atoms with Gasteiger partial charge in [-0.25, -0.2) is 0 Å². The molecule has 0 aliphatic carbocycles. The Labute approximate surface area is 111 Å². The standard InChI is InChI=1S/C13H27N3S/c1-5-11(6-2)15-7-9-16(10-8-15)13(3,4)12(14)17/h11H,5-10H2,1-4H3,(H2,14,17). The van der Waals surface area contributed by atoms with Crippen LogP contribution in [0.15, 0.2) is 0 Å². The maximum absolute atomic E-state index is 5.82. The van der Waals surface area contributed by atoms with Crippen LogP contribution < -0.4 is 5.73 Å². The summed E-state index contributed by atoms with van der Waals surface area (Å²) >= 11 is 5.16. The van der Waals surface area contributed by atoms with E-state index in [2.05, 4.69) is 37.5 Å². The van der Waals surface area contributed by atoms with E-state index in [1.807, 2.05) is 0 Å². The number of rotatable bonds is 5. The molecule has 1 aliphatic heterocycles. The second kappa shape index (κ2) is 6.12. The molecule has 3 nitrogen and oxygen atoms in total. The highest BCUT2D eigenvalue weighted by Crippen LogP contribution is 2.19. The highest BCUT2D eigenvalue weighted by Gasteiger charge is 2.33. The van der Waals surface area contributed by atoms with Crippen molar-refractivity contribution in [1.82, 2.24) is 9.80 Å². The van der Waals surface area contributed by atoms with Gasteiger partial charge in [0.05, 0.1) is 10.5 Å². The summed E-state index contributed by atoms with van der Waals surface area (Å²) in [7, 11) is 0. The number of hydrogen-bond acceptors (Lipinski definition) is 3. The zero-order valence-electron chi connectivity index (χ0n) is 11.7. The van der Waals surface area contributed by atoms with Gasteiger partial charge in [0.25, 0.3) is 0 Å². The van der Waals surface area contributed by atoms with Gasteiger partial charge in [0, 0.05) is 32.2 Å². The minimum absolute atomic E-state index is 0.144. The molecule has 0 spiro atoms. The first-order valence-corrected chi connectivity index (χ1v) is 7.13.